The quantitative estimate of drug-likeness (QED) is 0.674. The Morgan fingerprint density at radius 1 is 1.24 bits per heavy atom. The highest BCUT2D eigenvalue weighted by Crippen LogP contribution is 2.42. The molecule has 0 unspecified atom stereocenters. The van der Waals surface area contributed by atoms with Crippen LogP contribution in [0.15, 0.2) is 55.1 Å². The third-order valence-corrected chi connectivity index (χ3v) is 4.65. The number of Topliss-reactive ketones (excluding diaryl/α,β-unsaturated/α-hetero) is 1. The fraction of sp³-hybridized carbons (Fsp3) is 0.238. The molecule has 1 atom stereocenters. The van der Waals surface area contributed by atoms with Gasteiger partial charge in [-0.1, -0.05) is 48.0 Å². The summed E-state index contributed by atoms with van der Waals surface area (Å²) in [5, 5.41) is 11.1. The summed E-state index contributed by atoms with van der Waals surface area (Å²) >= 11 is 0. The summed E-state index contributed by atoms with van der Waals surface area (Å²) in [5.74, 6) is -0.727. The molecule has 1 heterocycles. The van der Waals surface area contributed by atoms with E-state index in [1.54, 1.807) is 36.4 Å². The van der Waals surface area contributed by atoms with Gasteiger partial charge in [-0.2, -0.15) is 0 Å². The summed E-state index contributed by atoms with van der Waals surface area (Å²) in [5.41, 5.74) is 1.70. The van der Waals surface area contributed by atoms with Gasteiger partial charge in [-0.25, -0.2) is 0 Å². The normalized spacial score (nSPS) is 19.0. The van der Waals surface area contributed by atoms with Crippen molar-refractivity contribution in [3.05, 3.63) is 77.4 Å². The van der Waals surface area contributed by atoms with Crippen LogP contribution < -0.4 is 4.90 Å². The number of nitrogens with zero attached hydrogens (tertiary/aromatic N) is 1. The standard InChI is InChI=1S/C21H21NO3/c1-4-11-22-18-8-6-5-7-17(18)21(25,20(22)24)13-19(23)16-10-9-14(2)12-15(16)3/h4-10,12,25H,1,11,13H2,2-3H3/t21-/m1/s1. The number of benzene rings is 2. The van der Waals surface area contributed by atoms with Crippen LogP contribution in [0, 0.1) is 13.8 Å². The van der Waals surface area contributed by atoms with Gasteiger partial charge in [-0.05, 0) is 25.5 Å². The molecule has 0 bridgehead atoms. The first-order chi connectivity index (χ1) is 11.9. The van der Waals surface area contributed by atoms with Crippen molar-refractivity contribution in [1.29, 1.82) is 0 Å². The third kappa shape index (κ3) is 2.79. The van der Waals surface area contributed by atoms with E-state index < -0.39 is 11.5 Å². The van der Waals surface area contributed by atoms with Crippen LogP contribution in [-0.4, -0.2) is 23.3 Å². The molecule has 2 aromatic carbocycles. The SMILES string of the molecule is C=CCN1C(=O)[C@@](O)(CC(=O)c2ccc(C)cc2C)c2ccccc21. The number of hydrogen-bond acceptors (Lipinski definition) is 3. The van der Waals surface area contributed by atoms with E-state index in [-0.39, 0.29) is 18.7 Å². The summed E-state index contributed by atoms with van der Waals surface area (Å²) < 4.78 is 0. The molecule has 1 aliphatic rings. The van der Waals surface area contributed by atoms with E-state index in [9.17, 15) is 14.7 Å². The average molecular weight is 335 g/mol. The van der Waals surface area contributed by atoms with E-state index in [1.807, 2.05) is 26.0 Å². The first-order valence-electron chi connectivity index (χ1n) is 8.23. The first kappa shape index (κ1) is 17.1. The molecular weight excluding hydrogens is 314 g/mol. The highest BCUT2D eigenvalue weighted by Gasteiger charge is 2.50. The molecule has 25 heavy (non-hydrogen) atoms. The fourth-order valence-corrected chi connectivity index (χ4v) is 3.44. The second-order valence-electron chi connectivity index (χ2n) is 6.50. The molecule has 0 saturated heterocycles. The minimum absolute atomic E-state index is 0.247. The van der Waals surface area contributed by atoms with Crippen LogP contribution in [-0.2, 0) is 10.4 Å². The largest absolute Gasteiger partial charge is 0.375 e. The molecule has 2 aromatic rings. The van der Waals surface area contributed by atoms with Crippen LogP contribution in [0.5, 0.6) is 0 Å². The average Bonchev–Trinajstić information content (AvgIpc) is 2.77. The van der Waals surface area contributed by atoms with Crippen molar-refractivity contribution in [3.63, 3.8) is 0 Å². The number of aliphatic hydroxyl groups is 1. The van der Waals surface area contributed by atoms with Crippen molar-refractivity contribution in [2.45, 2.75) is 25.9 Å². The van der Waals surface area contributed by atoms with E-state index >= 15 is 0 Å². The molecule has 3 rings (SSSR count). The van der Waals surface area contributed by atoms with E-state index in [4.69, 9.17) is 0 Å². The minimum Gasteiger partial charge on any atom is -0.375 e. The van der Waals surface area contributed by atoms with E-state index in [0.717, 1.165) is 11.1 Å². The molecule has 0 aliphatic carbocycles. The molecule has 4 heteroatoms. The number of carbonyl (C=O) groups excluding carboxylic acids is 2. The first-order valence-corrected chi connectivity index (χ1v) is 8.23. The maximum absolute atomic E-state index is 12.9. The number of fused-ring (bicyclic) bond motifs is 1. The van der Waals surface area contributed by atoms with Crippen molar-refractivity contribution in [1.82, 2.24) is 0 Å². The number of amides is 1. The molecule has 1 N–H and O–H groups in total. The van der Waals surface area contributed by atoms with Crippen molar-refractivity contribution in [2.24, 2.45) is 0 Å². The molecule has 128 valence electrons. The van der Waals surface area contributed by atoms with E-state index in [1.165, 1.54) is 4.90 Å². The van der Waals surface area contributed by atoms with Gasteiger partial charge >= 0.3 is 0 Å². The number of para-hydroxylation sites is 1. The Hall–Kier alpha value is -2.72. The molecule has 0 spiro atoms. The number of rotatable bonds is 5. The topological polar surface area (TPSA) is 57.6 Å². The van der Waals surface area contributed by atoms with Crippen molar-refractivity contribution < 1.29 is 14.7 Å². The van der Waals surface area contributed by atoms with Crippen LogP contribution in [0.2, 0.25) is 0 Å². The molecule has 0 fully saturated rings. The number of anilines is 1. The Morgan fingerprint density at radius 2 is 1.96 bits per heavy atom. The zero-order chi connectivity index (χ0) is 18.2. The second-order valence-corrected chi connectivity index (χ2v) is 6.50. The lowest BCUT2D eigenvalue weighted by Crippen LogP contribution is -2.42. The van der Waals surface area contributed by atoms with Gasteiger partial charge in [-0.3, -0.25) is 9.59 Å². The lowest BCUT2D eigenvalue weighted by Gasteiger charge is -2.22. The van der Waals surface area contributed by atoms with Crippen LogP contribution in [0.1, 0.15) is 33.5 Å². The van der Waals surface area contributed by atoms with Crippen molar-refractivity contribution in [3.8, 4) is 0 Å². The highest BCUT2D eigenvalue weighted by molar-refractivity contribution is 6.11. The molecule has 1 aliphatic heterocycles. The molecule has 4 nitrogen and oxygen atoms in total. The summed E-state index contributed by atoms with van der Waals surface area (Å²) in [6, 6.07) is 12.6. The van der Waals surface area contributed by atoms with Gasteiger partial charge in [0.2, 0.25) is 0 Å². The minimum atomic E-state index is -1.84. The maximum Gasteiger partial charge on any atom is 0.264 e. The van der Waals surface area contributed by atoms with Gasteiger partial charge in [-0.15, -0.1) is 6.58 Å². The van der Waals surface area contributed by atoms with Gasteiger partial charge in [0.1, 0.15) is 0 Å². The predicted octanol–water partition coefficient (Wildman–Crippen LogP) is 3.30. The zero-order valence-electron chi connectivity index (χ0n) is 14.5. The van der Waals surface area contributed by atoms with Gasteiger partial charge in [0.25, 0.3) is 5.91 Å². The number of aryl methyl sites for hydroxylation is 2. The lowest BCUT2D eigenvalue weighted by molar-refractivity contribution is -0.135. The summed E-state index contributed by atoms with van der Waals surface area (Å²) in [7, 11) is 0. The molecular formula is C21H21NO3. The van der Waals surface area contributed by atoms with Crippen molar-refractivity contribution >= 4 is 17.4 Å². The van der Waals surface area contributed by atoms with Crippen molar-refractivity contribution in [2.75, 3.05) is 11.4 Å². The summed E-state index contributed by atoms with van der Waals surface area (Å²) in [4.78, 5) is 27.1. The van der Waals surface area contributed by atoms with Crippen LogP contribution in [0.3, 0.4) is 0 Å². The monoisotopic (exact) mass is 335 g/mol. The zero-order valence-corrected chi connectivity index (χ0v) is 14.5. The van der Waals surface area contributed by atoms with Crippen LogP contribution in [0.25, 0.3) is 0 Å². The smallest absolute Gasteiger partial charge is 0.264 e. The van der Waals surface area contributed by atoms with E-state index in [0.29, 0.717) is 16.8 Å². The highest BCUT2D eigenvalue weighted by atomic mass is 16.3. The number of ketones is 1. The third-order valence-electron chi connectivity index (χ3n) is 4.65. The molecule has 0 aromatic heterocycles. The van der Waals surface area contributed by atoms with Gasteiger partial charge in [0.15, 0.2) is 11.4 Å². The Morgan fingerprint density at radius 3 is 2.64 bits per heavy atom. The molecule has 0 radical (unpaired) electrons. The Bertz CT molecular complexity index is 871. The lowest BCUT2D eigenvalue weighted by atomic mass is 9.87. The van der Waals surface area contributed by atoms with Gasteiger partial charge in [0, 0.05) is 17.7 Å². The number of carbonyl (C=O) groups is 2. The summed E-state index contributed by atoms with van der Waals surface area (Å²) in [6.45, 7) is 7.77. The van der Waals surface area contributed by atoms with Crippen LogP contribution >= 0.6 is 0 Å². The Labute approximate surface area is 147 Å². The predicted molar refractivity (Wildman–Crippen MR) is 97.8 cm³/mol. The second kappa shape index (κ2) is 6.30. The Kier molecular flexibility index (Phi) is 4.31. The summed E-state index contributed by atoms with van der Waals surface area (Å²) in [6.07, 6.45) is 1.33. The Balaban J connectivity index is 1.99. The molecule has 1 amide bonds. The fourth-order valence-electron chi connectivity index (χ4n) is 3.44. The molecule has 0 saturated carbocycles. The van der Waals surface area contributed by atoms with Crippen LogP contribution in [0.4, 0.5) is 5.69 Å². The van der Waals surface area contributed by atoms with Gasteiger partial charge < -0.3 is 10.0 Å². The van der Waals surface area contributed by atoms with Gasteiger partial charge in [0.05, 0.1) is 12.1 Å². The maximum atomic E-state index is 12.9. The number of hydrogen-bond donors (Lipinski definition) is 1. The van der Waals surface area contributed by atoms with E-state index in [2.05, 4.69) is 6.58 Å².